The largest absolute Gasteiger partial charge is 0.0839 e. The molecule has 0 spiro atoms. The first-order valence-electron chi connectivity index (χ1n) is 11.8. The lowest BCUT2D eigenvalue weighted by atomic mass is 9.76. The summed E-state index contributed by atoms with van der Waals surface area (Å²) in [6.07, 6.45) is 19.9. The van der Waals surface area contributed by atoms with E-state index in [0.29, 0.717) is 21.7 Å². The minimum absolute atomic E-state index is 0.414. The molecule has 0 bridgehead atoms. The van der Waals surface area contributed by atoms with Crippen LogP contribution in [0.15, 0.2) is 46.6 Å². The molecule has 2 atom stereocenters. The van der Waals surface area contributed by atoms with Crippen molar-refractivity contribution in [1.82, 2.24) is 0 Å². The fraction of sp³-hybridized carbons (Fsp3) is 0.714. The third-order valence-corrected chi connectivity index (χ3v) is 8.49. The van der Waals surface area contributed by atoms with Crippen LogP contribution in [-0.4, -0.2) is 0 Å². The maximum atomic E-state index is 2.45. The van der Waals surface area contributed by atoms with Crippen LogP contribution in [0.25, 0.3) is 0 Å². The lowest BCUT2D eigenvalue weighted by Crippen LogP contribution is -2.18. The molecule has 0 N–H and O–H groups in total. The van der Waals surface area contributed by atoms with E-state index in [2.05, 4.69) is 79.7 Å². The Morgan fingerprint density at radius 2 is 1.14 bits per heavy atom. The maximum Gasteiger partial charge on any atom is -0.00701 e. The summed E-state index contributed by atoms with van der Waals surface area (Å²) in [7, 11) is 0. The van der Waals surface area contributed by atoms with Crippen molar-refractivity contribution in [2.45, 2.75) is 107 Å². The van der Waals surface area contributed by atoms with E-state index in [-0.39, 0.29) is 0 Å². The highest BCUT2D eigenvalue weighted by molar-refractivity contribution is 5.43. The van der Waals surface area contributed by atoms with Crippen molar-refractivity contribution in [3.05, 3.63) is 46.6 Å². The molecule has 0 saturated carbocycles. The van der Waals surface area contributed by atoms with Gasteiger partial charge in [0.1, 0.15) is 0 Å². The summed E-state index contributed by atoms with van der Waals surface area (Å²) >= 11 is 0. The van der Waals surface area contributed by atoms with Crippen molar-refractivity contribution in [2.75, 3.05) is 0 Å². The van der Waals surface area contributed by atoms with Gasteiger partial charge in [-0.3, -0.25) is 0 Å². The van der Waals surface area contributed by atoms with Crippen LogP contribution in [0.4, 0.5) is 0 Å². The van der Waals surface area contributed by atoms with Crippen LogP contribution in [-0.2, 0) is 0 Å². The summed E-state index contributed by atoms with van der Waals surface area (Å²) < 4.78 is 0. The first-order valence-corrected chi connectivity index (χ1v) is 11.8. The highest BCUT2D eigenvalue weighted by Crippen LogP contribution is 2.58. The van der Waals surface area contributed by atoms with Gasteiger partial charge >= 0.3 is 0 Å². The van der Waals surface area contributed by atoms with E-state index in [1.807, 2.05) is 0 Å². The molecule has 28 heavy (non-hydrogen) atoms. The smallest absolute Gasteiger partial charge is 0.00701 e. The summed E-state index contributed by atoms with van der Waals surface area (Å²) in [5, 5.41) is 0. The van der Waals surface area contributed by atoms with Crippen LogP contribution >= 0.6 is 0 Å². The number of allylic oxidation sites excluding steroid dienone is 8. The van der Waals surface area contributed by atoms with E-state index in [4.69, 9.17) is 0 Å². The SMILES string of the molecule is CCC1(C)CC(C)(C)C2=C1C=CCC2.CCC1(C)CC(C)(C)C2=C1CCC=C2. The van der Waals surface area contributed by atoms with Crippen LogP contribution in [0.3, 0.4) is 0 Å². The van der Waals surface area contributed by atoms with Crippen LogP contribution < -0.4 is 0 Å². The molecule has 0 aromatic heterocycles. The molecular weight excluding hydrogens is 336 g/mol. The quantitative estimate of drug-likeness (QED) is 0.448. The molecule has 0 heteroatoms. The number of rotatable bonds is 2. The fourth-order valence-corrected chi connectivity index (χ4v) is 6.87. The van der Waals surface area contributed by atoms with Crippen LogP contribution in [0, 0.1) is 21.7 Å². The predicted octanol–water partition coefficient (Wildman–Crippen LogP) is 8.96. The minimum atomic E-state index is 0.414. The zero-order chi connectivity index (χ0) is 20.8. The molecular formula is C28H44. The minimum Gasteiger partial charge on any atom is -0.0839 e. The van der Waals surface area contributed by atoms with Crippen molar-refractivity contribution in [3.8, 4) is 0 Å². The van der Waals surface area contributed by atoms with Gasteiger partial charge in [-0.05, 0) is 84.2 Å². The van der Waals surface area contributed by atoms with Gasteiger partial charge in [0.2, 0.25) is 0 Å². The van der Waals surface area contributed by atoms with Crippen molar-refractivity contribution in [2.24, 2.45) is 21.7 Å². The third kappa shape index (κ3) is 3.61. The van der Waals surface area contributed by atoms with Crippen molar-refractivity contribution >= 4 is 0 Å². The summed E-state index contributed by atoms with van der Waals surface area (Å²) in [4.78, 5) is 0. The molecule has 0 saturated heterocycles. The molecule has 0 aromatic carbocycles. The molecule has 0 heterocycles. The third-order valence-electron chi connectivity index (χ3n) is 8.49. The molecule has 0 amide bonds. The van der Waals surface area contributed by atoms with Crippen LogP contribution in [0.5, 0.6) is 0 Å². The second kappa shape index (κ2) is 7.33. The fourth-order valence-electron chi connectivity index (χ4n) is 6.87. The van der Waals surface area contributed by atoms with E-state index in [1.54, 1.807) is 22.3 Å². The second-order valence-electron chi connectivity index (χ2n) is 11.6. The summed E-state index contributed by atoms with van der Waals surface area (Å²) in [5.74, 6) is 0. The van der Waals surface area contributed by atoms with Crippen molar-refractivity contribution in [1.29, 1.82) is 0 Å². The van der Waals surface area contributed by atoms with Gasteiger partial charge in [0.15, 0.2) is 0 Å². The average molecular weight is 381 g/mol. The van der Waals surface area contributed by atoms with Gasteiger partial charge in [0.25, 0.3) is 0 Å². The van der Waals surface area contributed by atoms with Crippen molar-refractivity contribution in [3.63, 3.8) is 0 Å². The zero-order valence-corrected chi connectivity index (χ0v) is 20.0. The normalized spacial score (nSPS) is 34.9. The maximum absolute atomic E-state index is 2.45. The molecule has 4 rings (SSSR count). The number of hydrogen-bond acceptors (Lipinski definition) is 0. The molecule has 156 valence electrons. The van der Waals surface area contributed by atoms with E-state index < -0.39 is 0 Å². The van der Waals surface area contributed by atoms with E-state index in [9.17, 15) is 0 Å². The molecule has 4 aliphatic carbocycles. The topological polar surface area (TPSA) is 0 Å². The summed E-state index contributed by atoms with van der Waals surface area (Å²) in [6, 6.07) is 0. The Labute approximate surface area is 175 Å². The van der Waals surface area contributed by atoms with E-state index >= 15 is 0 Å². The Morgan fingerprint density at radius 1 is 0.643 bits per heavy atom. The monoisotopic (exact) mass is 380 g/mol. The van der Waals surface area contributed by atoms with E-state index in [0.717, 1.165) is 0 Å². The van der Waals surface area contributed by atoms with Crippen LogP contribution in [0.1, 0.15) is 107 Å². The molecule has 2 unspecified atom stereocenters. The molecule has 4 aliphatic rings. The molecule has 0 nitrogen and oxygen atoms in total. The highest BCUT2D eigenvalue weighted by atomic mass is 14.5. The van der Waals surface area contributed by atoms with Gasteiger partial charge in [-0.25, -0.2) is 0 Å². The van der Waals surface area contributed by atoms with E-state index in [1.165, 1.54) is 51.4 Å². The van der Waals surface area contributed by atoms with Gasteiger partial charge in [-0.15, -0.1) is 0 Å². The predicted molar refractivity (Wildman–Crippen MR) is 124 cm³/mol. The lowest BCUT2D eigenvalue weighted by molar-refractivity contribution is 0.283. The number of hydrogen-bond donors (Lipinski definition) is 0. The summed E-state index contributed by atoms with van der Waals surface area (Å²) in [6.45, 7) is 19.2. The first-order chi connectivity index (χ1) is 13.0. The molecule has 0 aliphatic heterocycles. The van der Waals surface area contributed by atoms with Crippen LogP contribution in [0.2, 0.25) is 0 Å². The van der Waals surface area contributed by atoms with Gasteiger partial charge in [0, 0.05) is 0 Å². The average Bonchev–Trinajstić information content (AvgIpc) is 3.01. The van der Waals surface area contributed by atoms with Gasteiger partial charge < -0.3 is 0 Å². The summed E-state index contributed by atoms with van der Waals surface area (Å²) in [5.41, 5.74) is 8.61. The Balaban J connectivity index is 0.000000161. The first kappa shape index (κ1) is 21.7. The van der Waals surface area contributed by atoms with Crippen molar-refractivity contribution < 1.29 is 0 Å². The lowest BCUT2D eigenvalue weighted by Gasteiger charge is -2.28. The van der Waals surface area contributed by atoms with Gasteiger partial charge in [-0.1, -0.05) is 90.8 Å². The highest BCUT2D eigenvalue weighted by Gasteiger charge is 2.45. The van der Waals surface area contributed by atoms with Gasteiger partial charge in [-0.2, -0.15) is 0 Å². The Kier molecular flexibility index (Phi) is 5.67. The standard InChI is InChI=1S/2C14H22/c2*1-5-14(4)10-13(2,3)11-8-6-7-9-12(11)14/h7,9H,5-6,8,10H2,1-4H3;6,8H,5,7,9-10H2,1-4H3. The molecule has 0 aromatic rings. The zero-order valence-electron chi connectivity index (χ0n) is 20.0. The Morgan fingerprint density at radius 3 is 1.71 bits per heavy atom. The molecule has 0 fully saturated rings. The van der Waals surface area contributed by atoms with Gasteiger partial charge in [0.05, 0.1) is 0 Å². The molecule has 0 radical (unpaired) electrons. The second-order valence-corrected chi connectivity index (χ2v) is 11.6. The Hall–Kier alpha value is -1.04. The Bertz CT molecular complexity index is 736.